The molecule has 0 fully saturated rings. The lowest BCUT2D eigenvalue weighted by atomic mass is 10.0. The zero-order valence-corrected chi connectivity index (χ0v) is 9.34. The normalized spacial score (nSPS) is 12.5. The third kappa shape index (κ3) is 2.68. The summed E-state index contributed by atoms with van der Waals surface area (Å²) in [5.74, 6) is 0. The number of hydrogen-bond donors (Lipinski definition) is 1. The Morgan fingerprint density at radius 3 is 2.85 bits per heavy atom. The van der Waals surface area contributed by atoms with E-state index in [1.807, 2.05) is 18.2 Å². The van der Waals surface area contributed by atoms with Crippen molar-refractivity contribution in [2.24, 2.45) is 5.73 Å². The summed E-state index contributed by atoms with van der Waals surface area (Å²) in [5, 5.41) is 0. The zero-order valence-electron chi connectivity index (χ0n) is 7.76. The van der Waals surface area contributed by atoms with Crippen LogP contribution >= 0.6 is 15.9 Å². The predicted octanol–water partition coefficient (Wildman–Crippen LogP) is 3.33. The first-order chi connectivity index (χ1) is 6.15. The zero-order chi connectivity index (χ0) is 9.84. The van der Waals surface area contributed by atoms with E-state index in [0.717, 1.165) is 10.9 Å². The van der Waals surface area contributed by atoms with Crippen molar-refractivity contribution in [3.8, 4) is 0 Å². The summed E-state index contributed by atoms with van der Waals surface area (Å²) in [6.07, 6.45) is 2.67. The van der Waals surface area contributed by atoms with Crippen LogP contribution in [0.5, 0.6) is 0 Å². The number of aryl methyl sites for hydroxylation is 1. The third-order valence-corrected chi connectivity index (χ3v) is 2.92. The van der Waals surface area contributed by atoms with Gasteiger partial charge < -0.3 is 5.73 Å². The molecule has 1 aromatic carbocycles. The second-order valence-corrected chi connectivity index (χ2v) is 3.99. The Kier molecular flexibility index (Phi) is 3.70. The van der Waals surface area contributed by atoms with Crippen LogP contribution in [0, 0.1) is 6.92 Å². The highest BCUT2D eigenvalue weighted by Gasteiger charge is 2.04. The maximum Gasteiger partial charge on any atom is 0.0329 e. The second-order valence-electron chi connectivity index (χ2n) is 3.14. The molecule has 2 N–H and O–H groups in total. The van der Waals surface area contributed by atoms with Gasteiger partial charge in [-0.05, 0) is 30.5 Å². The monoisotopic (exact) mass is 239 g/mol. The van der Waals surface area contributed by atoms with Gasteiger partial charge in [0.2, 0.25) is 0 Å². The Hall–Kier alpha value is -0.600. The van der Waals surface area contributed by atoms with Gasteiger partial charge in [-0.2, -0.15) is 0 Å². The van der Waals surface area contributed by atoms with Crippen LogP contribution < -0.4 is 5.73 Å². The van der Waals surface area contributed by atoms with Crippen molar-refractivity contribution in [2.45, 2.75) is 19.4 Å². The lowest BCUT2D eigenvalue weighted by molar-refractivity contribution is 0.741. The highest BCUT2D eigenvalue weighted by molar-refractivity contribution is 9.10. The van der Waals surface area contributed by atoms with Gasteiger partial charge in [-0.1, -0.05) is 34.1 Å². The van der Waals surface area contributed by atoms with E-state index in [2.05, 4.69) is 35.5 Å². The summed E-state index contributed by atoms with van der Waals surface area (Å²) < 4.78 is 1.13. The number of hydrogen-bond acceptors (Lipinski definition) is 1. The van der Waals surface area contributed by atoms with Crippen molar-refractivity contribution in [1.29, 1.82) is 0 Å². The van der Waals surface area contributed by atoms with E-state index in [-0.39, 0.29) is 6.04 Å². The largest absolute Gasteiger partial charge is 0.324 e. The van der Waals surface area contributed by atoms with Crippen LogP contribution in [0.4, 0.5) is 0 Å². The van der Waals surface area contributed by atoms with Gasteiger partial charge in [0.05, 0.1) is 0 Å². The SMILES string of the molecule is C=CC[C@H](N)c1ccc(Br)c(C)c1. The van der Waals surface area contributed by atoms with Crippen molar-refractivity contribution in [3.63, 3.8) is 0 Å². The molecule has 0 saturated heterocycles. The fourth-order valence-corrected chi connectivity index (χ4v) is 1.46. The van der Waals surface area contributed by atoms with Gasteiger partial charge in [0, 0.05) is 10.5 Å². The smallest absolute Gasteiger partial charge is 0.0329 e. The minimum atomic E-state index is 0.0734. The molecule has 0 radical (unpaired) electrons. The Labute approximate surface area is 87.8 Å². The molecule has 0 spiro atoms. The lowest BCUT2D eigenvalue weighted by Gasteiger charge is -2.10. The summed E-state index contributed by atoms with van der Waals surface area (Å²) in [6, 6.07) is 6.27. The van der Waals surface area contributed by atoms with Gasteiger partial charge in [0.25, 0.3) is 0 Å². The Morgan fingerprint density at radius 2 is 2.31 bits per heavy atom. The molecule has 0 aliphatic heterocycles. The van der Waals surface area contributed by atoms with Crippen LogP contribution in [-0.2, 0) is 0 Å². The maximum atomic E-state index is 5.94. The van der Waals surface area contributed by atoms with E-state index in [9.17, 15) is 0 Å². The van der Waals surface area contributed by atoms with E-state index in [1.54, 1.807) is 0 Å². The van der Waals surface area contributed by atoms with E-state index >= 15 is 0 Å². The molecule has 1 nitrogen and oxygen atoms in total. The van der Waals surface area contributed by atoms with Gasteiger partial charge in [-0.3, -0.25) is 0 Å². The number of benzene rings is 1. The highest BCUT2D eigenvalue weighted by atomic mass is 79.9. The first-order valence-corrected chi connectivity index (χ1v) is 5.07. The molecule has 0 bridgehead atoms. The van der Waals surface area contributed by atoms with Gasteiger partial charge in [-0.15, -0.1) is 6.58 Å². The number of nitrogens with two attached hydrogens (primary N) is 1. The Morgan fingerprint density at radius 1 is 1.62 bits per heavy atom. The summed E-state index contributed by atoms with van der Waals surface area (Å²) in [7, 11) is 0. The van der Waals surface area contributed by atoms with Crippen molar-refractivity contribution in [3.05, 3.63) is 46.5 Å². The molecule has 1 atom stereocenters. The second kappa shape index (κ2) is 4.58. The molecule has 0 saturated carbocycles. The molecule has 1 rings (SSSR count). The predicted molar refractivity (Wildman–Crippen MR) is 60.6 cm³/mol. The average molecular weight is 240 g/mol. The fourth-order valence-electron chi connectivity index (χ4n) is 1.21. The Balaban J connectivity index is 2.89. The standard InChI is InChI=1S/C11H14BrN/c1-3-4-11(13)9-5-6-10(12)8(2)7-9/h3,5-7,11H,1,4,13H2,2H3/t11-/m0/s1. The third-order valence-electron chi connectivity index (χ3n) is 2.03. The number of halogens is 1. The molecule has 13 heavy (non-hydrogen) atoms. The summed E-state index contributed by atoms with van der Waals surface area (Å²) >= 11 is 3.46. The van der Waals surface area contributed by atoms with Crippen LogP contribution in [0.15, 0.2) is 35.3 Å². The first-order valence-electron chi connectivity index (χ1n) is 4.27. The van der Waals surface area contributed by atoms with Crippen molar-refractivity contribution in [1.82, 2.24) is 0 Å². The molecule has 0 unspecified atom stereocenters. The number of rotatable bonds is 3. The van der Waals surface area contributed by atoms with Crippen LogP contribution in [0.25, 0.3) is 0 Å². The van der Waals surface area contributed by atoms with Gasteiger partial charge >= 0.3 is 0 Å². The van der Waals surface area contributed by atoms with E-state index < -0.39 is 0 Å². The summed E-state index contributed by atoms with van der Waals surface area (Å²) in [4.78, 5) is 0. The Bertz CT molecular complexity index is 307. The molecule has 0 aromatic heterocycles. The minimum absolute atomic E-state index is 0.0734. The van der Waals surface area contributed by atoms with Gasteiger partial charge in [-0.25, -0.2) is 0 Å². The molecule has 0 amide bonds. The average Bonchev–Trinajstić information content (AvgIpc) is 2.10. The molecule has 2 heteroatoms. The van der Waals surface area contributed by atoms with Gasteiger partial charge in [0.1, 0.15) is 0 Å². The van der Waals surface area contributed by atoms with E-state index in [0.29, 0.717) is 0 Å². The van der Waals surface area contributed by atoms with Crippen molar-refractivity contribution >= 4 is 15.9 Å². The highest BCUT2D eigenvalue weighted by Crippen LogP contribution is 2.21. The van der Waals surface area contributed by atoms with Crippen LogP contribution in [-0.4, -0.2) is 0 Å². The molecular formula is C11H14BrN. The lowest BCUT2D eigenvalue weighted by Crippen LogP contribution is -2.08. The maximum absolute atomic E-state index is 5.94. The molecular weight excluding hydrogens is 226 g/mol. The molecule has 70 valence electrons. The van der Waals surface area contributed by atoms with Crippen molar-refractivity contribution < 1.29 is 0 Å². The van der Waals surface area contributed by atoms with Crippen LogP contribution in [0.3, 0.4) is 0 Å². The topological polar surface area (TPSA) is 26.0 Å². The van der Waals surface area contributed by atoms with E-state index in [4.69, 9.17) is 5.73 Å². The molecule has 1 aromatic rings. The first kappa shape index (κ1) is 10.5. The quantitative estimate of drug-likeness (QED) is 0.805. The molecule has 0 aliphatic rings. The minimum Gasteiger partial charge on any atom is -0.324 e. The van der Waals surface area contributed by atoms with Crippen molar-refractivity contribution in [2.75, 3.05) is 0 Å². The van der Waals surface area contributed by atoms with Gasteiger partial charge in [0.15, 0.2) is 0 Å². The summed E-state index contributed by atoms with van der Waals surface area (Å²) in [6.45, 7) is 5.74. The van der Waals surface area contributed by atoms with Crippen LogP contribution in [0.1, 0.15) is 23.6 Å². The van der Waals surface area contributed by atoms with E-state index in [1.165, 1.54) is 11.1 Å². The van der Waals surface area contributed by atoms with Crippen LogP contribution in [0.2, 0.25) is 0 Å². The fraction of sp³-hybridized carbons (Fsp3) is 0.273. The molecule has 0 heterocycles. The summed E-state index contributed by atoms with van der Waals surface area (Å²) in [5.41, 5.74) is 8.32. The molecule has 0 aliphatic carbocycles.